The molecule has 0 saturated heterocycles. The van der Waals surface area contributed by atoms with Crippen LogP contribution in [0.15, 0.2) is 28.7 Å². The van der Waals surface area contributed by atoms with Gasteiger partial charge in [0.25, 0.3) is 0 Å². The van der Waals surface area contributed by atoms with Gasteiger partial charge in [0.05, 0.1) is 5.02 Å². The second-order valence-corrected chi connectivity index (χ2v) is 7.81. The van der Waals surface area contributed by atoms with Crippen LogP contribution in [0, 0.1) is 23.7 Å². The van der Waals surface area contributed by atoms with E-state index in [1.807, 2.05) is 24.3 Å². The lowest BCUT2D eigenvalue weighted by Crippen LogP contribution is -2.55. The Bertz CT molecular complexity index is 689. The monoisotopic (exact) mass is 302 g/mol. The molecular weight excluding hydrogens is 284 g/mol. The van der Waals surface area contributed by atoms with Crippen molar-refractivity contribution < 1.29 is 9.52 Å². The maximum Gasteiger partial charge on any atom is 0.153 e. The number of halogens is 1. The zero-order valence-electron chi connectivity index (χ0n) is 11.9. The number of para-hydroxylation sites is 1. The Kier molecular flexibility index (Phi) is 2.42. The van der Waals surface area contributed by atoms with Crippen molar-refractivity contribution in [2.75, 3.05) is 0 Å². The maximum atomic E-state index is 11.5. The first kappa shape index (κ1) is 12.5. The van der Waals surface area contributed by atoms with E-state index in [1.54, 1.807) is 0 Å². The smallest absolute Gasteiger partial charge is 0.153 e. The highest BCUT2D eigenvalue weighted by Gasteiger charge is 2.58. The van der Waals surface area contributed by atoms with Crippen LogP contribution in [0.2, 0.25) is 5.02 Å². The third kappa shape index (κ3) is 1.58. The summed E-state index contributed by atoms with van der Waals surface area (Å²) in [5.41, 5.74) is -0.0492. The average molecular weight is 303 g/mol. The highest BCUT2D eigenvalue weighted by molar-refractivity contribution is 6.34. The van der Waals surface area contributed by atoms with Gasteiger partial charge in [-0.2, -0.15) is 0 Å². The van der Waals surface area contributed by atoms with E-state index in [2.05, 4.69) is 0 Å². The fraction of sp³-hybridized carbons (Fsp3) is 0.556. The van der Waals surface area contributed by atoms with Gasteiger partial charge in [0.15, 0.2) is 5.58 Å². The Morgan fingerprint density at radius 3 is 2.33 bits per heavy atom. The maximum absolute atomic E-state index is 11.5. The molecule has 1 heterocycles. The van der Waals surface area contributed by atoms with E-state index in [-0.39, 0.29) is 0 Å². The van der Waals surface area contributed by atoms with Gasteiger partial charge in [0, 0.05) is 5.39 Å². The van der Waals surface area contributed by atoms with Gasteiger partial charge >= 0.3 is 0 Å². The zero-order valence-corrected chi connectivity index (χ0v) is 12.6. The lowest BCUT2D eigenvalue weighted by atomic mass is 9.49. The normalized spacial score (nSPS) is 41.0. The molecule has 0 atom stereocenters. The largest absolute Gasteiger partial charge is 0.456 e. The number of hydrogen-bond donors (Lipinski definition) is 1. The summed E-state index contributed by atoms with van der Waals surface area (Å²) in [6.45, 7) is 0. The Morgan fingerprint density at radius 2 is 1.71 bits per heavy atom. The van der Waals surface area contributed by atoms with Crippen molar-refractivity contribution in [1.29, 1.82) is 0 Å². The summed E-state index contributed by atoms with van der Waals surface area (Å²) < 4.78 is 6.05. The van der Waals surface area contributed by atoms with Gasteiger partial charge in [-0.3, -0.25) is 0 Å². The third-order valence-electron chi connectivity index (χ3n) is 6.27. The van der Waals surface area contributed by atoms with Crippen LogP contribution >= 0.6 is 11.6 Å². The molecular formula is C18H19ClO2. The summed E-state index contributed by atoms with van der Waals surface area (Å²) in [5, 5.41) is 13.1. The molecule has 1 aromatic carbocycles. The minimum absolute atomic E-state index is 0.369. The van der Waals surface area contributed by atoms with Crippen LogP contribution in [-0.4, -0.2) is 5.11 Å². The second kappa shape index (κ2) is 4.05. The first-order valence-electron chi connectivity index (χ1n) is 8.05. The molecule has 4 fully saturated rings. The Hall–Kier alpha value is -0.990. The predicted molar refractivity (Wildman–Crippen MR) is 82.2 cm³/mol. The Morgan fingerprint density at radius 1 is 1.05 bits per heavy atom. The zero-order chi connectivity index (χ0) is 14.2. The molecule has 0 amide bonds. The molecule has 2 aromatic rings. The highest BCUT2D eigenvalue weighted by atomic mass is 35.5. The molecule has 0 radical (unpaired) electrons. The van der Waals surface area contributed by atoms with E-state index in [0.29, 0.717) is 16.9 Å². The van der Waals surface area contributed by atoms with Crippen molar-refractivity contribution in [1.82, 2.24) is 0 Å². The fourth-order valence-corrected chi connectivity index (χ4v) is 5.75. The van der Waals surface area contributed by atoms with Crippen LogP contribution in [0.4, 0.5) is 0 Å². The van der Waals surface area contributed by atoms with Crippen molar-refractivity contribution in [2.24, 2.45) is 23.7 Å². The molecule has 4 aliphatic carbocycles. The standard InChI is InChI=1S/C18H19ClO2/c19-15-3-1-2-12-9-16(21-17(12)15)18(20)13-5-10-4-11(7-13)8-14(18)6-10/h1-3,9-11,13-14,20H,4-8H2. The number of furan rings is 1. The predicted octanol–water partition coefficient (Wildman–Crippen LogP) is 4.73. The SMILES string of the molecule is OC1(c2cc3cccc(Cl)c3o2)C2CC3CC(C2)CC1C3. The number of hydrogen-bond acceptors (Lipinski definition) is 2. The van der Waals surface area contributed by atoms with Crippen molar-refractivity contribution in [3.63, 3.8) is 0 Å². The summed E-state index contributed by atoms with van der Waals surface area (Å²) >= 11 is 6.23. The van der Waals surface area contributed by atoms with Crippen molar-refractivity contribution >= 4 is 22.6 Å². The van der Waals surface area contributed by atoms with Gasteiger partial charge < -0.3 is 9.52 Å². The molecule has 4 bridgehead atoms. The molecule has 0 aliphatic heterocycles. The van der Waals surface area contributed by atoms with Crippen LogP contribution in [0.25, 0.3) is 11.0 Å². The molecule has 0 spiro atoms. The molecule has 0 unspecified atom stereocenters. The van der Waals surface area contributed by atoms with E-state index in [1.165, 1.54) is 6.42 Å². The summed E-state index contributed by atoms with van der Waals surface area (Å²) in [4.78, 5) is 0. The number of rotatable bonds is 1. The molecule has 110 valence electrons. The fourth-order valence-electron chi connectivity index (χ4n) is 5.53. The number of benzene rings is 1. The van der Waals surface area contributed by atoms with Crippen LogP contribution in [0.3, 0.4) is 0 Å². The molecule has 4 saturated carbocycles. The number of aliphatic hydroxyl groups is 1. The van der Waals surface area contributed by atoms with Crippen LogP contribution in [0.1, 0.15) is 37.9 Å². The molecule has 2 nitrogen and oxygen atoms in total. The lowest BCUT2D eigenvalue weighted by molar-refractivity contribution is -0.188. The van der Waals surface area contributed by atoms with Gasteiger partial charge in [-0.15, -0.1) is 0 Å². The first-order chi connectivity index (χ1) is 10.1. The van der Waals surface area contributed by atoms with E-state index < -0.39 is 5.60 Å². The molecule has 1 N–H and O–H groups in total. The van der Waals surface area contributed by atoms with Gasteiger partial charge in [0.2, 0.25) is 0 Å². The molecule has 1 aromatic heterocycles. The van der Waals surface area contributed by atoms with Crippen molar-refractivity contribution in [2.45, 2.75) is 37.7 Å². The Balaban J connectivity index is 1.66. The minimum atomic E-state index is -0.768. The molecule has 21 heavy (non-hydrogen) atoms. The summed E-state index contributed by atoms with van der Waals surface area (Å²) in [5.74, 6) is 3.15. The quantitative estimate of drug-likeness (QED) is 0.826. The van der Waals surface area contributed by atoms with E-state index in [0.717, 1.165) is 54.2 Å². The third-order valence-corrected chi connectivity index (χ3v) is 6.57. The van der Waals surface area contributed by atoms with E-state index in [4.69, 9.17) is 16.0 Å². The first-order valence-corrected chi connectivity index (χ1v) is 8.43. The summed E-state index contributed by atoms with van der Waals surface area (Å²) in [6, 6.07) is 7.81. The van der Waals surface area contributed by atoms with Gasteiger partial charge in [-0.25, -0.2) is 0 Å². The van der Waals surface area contributed by atoms with Crippen LogP contribution < -0.4 is 0 Å². The van der Waals surface area contributed by atoms with Crippen LogP contribution in [-0.2, 0) is 5.60 Å². The topological polar surface area (TPSA) is 33.4 Å². The van der Waals surface area contributed by atoms with Gasteiger partial charge in [-0.1, -0.05) is 23.7 Å². The average Bonchev–Trinajstić information content (AvgIpc) is 2.90. The van der Waals surface area contributed by atoms with Crippen molar-refractivity contribution in [3.05, 3.63) is 35.0 Å². The summed E-state index contributed by atoms with van der Waals surface area (Å²) in [6.07, 6.45) is 6.03. The summed E-state index contributed by atoms with van der Waals surface area (Å²) in [7, 11) is 0. The van der Waals surface area contributed by atoms with Gasteiger partial charge in [0.1, 0.15) is 11.4 Å². The highest BCUT2D eigenvalue weighted by Crippen LogP contribution is 2.62. The van der Waals surface area contributed by atoms with E-state index in [9.17, 15) is 5.11 Å². The van der Waals surface area contributed by atoms with Crippen LogP contribution in [0.5, 0.6) is 0 Å². The molecule has 6 rings (SSSR count). The number of fused-ring (bicyclic) bond motifs is 1. The minimum Gasteiger partial charge on any atom is -0.456 e. The molecule has 3 heteroatoms. The molecule has 4 aliphatic rings. The second-order valence-electron chi connectivity index (χ2n) is 7.40. The van der Waals surface area contributed by atoms with E-state index >= 15 is 0 Å². The van der Waals surface area contributed by atoms with Crippen molar-refractivity contribution in [3.8, 4) is 0 Å². The Labute approximate surface area is 129 Å². The van der Waals surface area contributed by atoms with Gasteiger partial charge in [-0.05, 0) is 67.9 Å². The lowest BCUT2D eigenvalue weighted by Gasteiger charge is -2.58.